The molecule has 3 nitrogen and oxygen atoms in total. The summed E-state index contributed by atoms with van der Waals surface area (Å²) >= 11 is 0. The molecule has 1 aromatic carbocycles. The SMILES string of the molecule is COCCOc1ccc(C2(N)CCCC2)cc1. The van der Waals surface area contributed by atoms with E-state index in [1.807, 2.05) is 12.1 Å². The van der Waals surface area contributed by atoms with Crippen LogP contribution in [0, 0.1) is 0 Å². The Hall–Kier alpha value is -1.06. The third kappa shape index (κ3) is 2.99. The van der Waals surface area contributed by atoms with Crippen LogP contribution in [-0.2, 0) is 10.3 Å². The van der Waals surface area contributed by atoms with Crippen molar-refractivity contribution >= 4 is 0 Å². The van der Waals surface area contributed by atoms with Gasteiger partial charge >= 0.3 is 0 Å². The number of hydrogen-bond acceptors (Lipinski definition) is 3. The Kier molecular flexibility index (Phi) is 4.02. The number of rotatable bonds is 5. The molecule has 0 saturated heterocycles. The quantitative estimate of drug-likeness (QED) is 0.797. The molecule has 17 heavy (non-hydrogen) atoms. The Balaban J connectivity index is 1.97. The summed E-state index contributed by atoms with van der Waals surface area (Å²) in [6, 6.07) is 8.18. The van der Waals surface area contributed by atoms with Crippen LogP contribution in [0.3, 0.4) is 0 Å². The molecular formula is C14H21NO2. The zero-order chi connectivity index (χ0) is 12.1. The molecule has 0 radical (unpaired) electrons. The van der Waals surface area contributed by atoms with Gasteiger partial charge in [-0.25, -0.2) is 0 Å². The zero-order valence-corrected chi connectivity index (χ0v) is 10.4. The van der Waals surface area contributed by atoms with Crippen LogP contribution >= 0.6 is 0 Å². The number of nitrogens with two attached hydrogens (primary N) is 1. The molecule has 3 heteroatoms. The maximum Gasteiger partial charge on any atom is 0.119 e. The highest BCUT2D eigenvalue weighted by atomic mass is 16.5. The monoisotopic (exact) mass is 235 g/mol. The number of hydrogen-bond donors (Lipinski definition) is 1. The van der Waals surface area contributed by atoms with E-state index in [9.17, 15) is 0 Å². The fraction of sp³-hybridized carbons (Fsp3) is 0.571. The van der Waals surface area contributed by atoms with Gasteiger partial charge in [-0.15, -0.1) is 0 Å². The predicted molar refractivity (Wildman–Crippen MR) is 68.1 cm³/mol. The molecular weight excluding hydrogens is 214 g/mol. The van der Waals surface area contributed by atoms with Gasteiger partial charge in [0.05, 0.1) is 6.61 Å². The third-order valence-electron chi connectivity index (χ3n) is 3.48. The maximum absolute atomic E-state index is 6.39. The second kappa shape index (κ2) is 5.52. The second-order valence-corrected chi connectivity index (χ2v) is 4.73. The topological polar surface area (TPSA) is 44.5 Å². The molecule has 1 aromatic rings. The molecule has 1 fully saturated rings. The van der Waals surface area contributed by atoms with E-state index in [-0.39, 0.29) is 5.54 Å². The van der Waals surface area contributed by atoms with Crippen LogP contribution in [0.5, 0.6) is 5.75 Å². The second-order valence-electron chi connectivity index (χ2n) is 4.73. The summed E-state index contributed by atoms with van der Waals surface area (Å²) in [6.45, 7) is 1.20. The largest absolute Gasteiger partial charge is 0.491 e. The van der Waals surface area contributed by atoms with E-state index in [1.54, 1.807) is 7.11 Å². The lowest BCUT2D eigenvalue weighted by molar-refractivity contribution is 0.146. The van der Waals surface area contributed by atoms with Crippen LogP contribution in [0.2, 0.25) is 0 Å². The van der Waals surface area contributed by atoms with E-state index in [4.69, 9.17) is 15.2 Å². The molecule has 0 spiro atoms. The first-order valence-electron chi connectivity index (χ1n) is 6.26. The molecule has 0 amide bonds. The molecule has 1 aliphatic rings. The van der Waals surface area contributed by atoms with E-state index < -0.39 is 0 Å². The van der Waals surface area contributed by atoms with Gasteiger partial charge in [-0.3, -0.25) is 0 Å². The minimum absolute atomic E-state index is 0.106. The van der Waals surface area contributed by atoms with Gasteiger partial charge in [0.2, 0.25) is 0 Å². The molecule has 0 unspecified atom stereocenters. The van der Waals surface area contributed by atoms with Gasteiger partial charge in [-0.2, -0.15) is 0 Å². The number of methoxy groups -OCH3 is 1. The van der Waals surface area contributed by atoms with Gasteiger partial charge in [0.15, 0.2) is 0 Å². The molecule has 2 N–H and O–H groups in total. The van der Waals surface area contributed by atoms with Gasteiger partial charge in [0, 0.05) is 12.6 Å². The molecule has 1 aliphatic carbocycles. The van der Waals surface area contributed by atoms with Crippen molar-refractivity contribution in [3.8, 4) is 5.75 Å². The molecule has 2 rings (SSSR count). The van der Waals surface area contributed by atoms with Crippen LogP contribution < -0.4 is 10.5 Å². The summed E-state index contributed by atoms with van der Waals surface area (Å²) in [7, 11) is 1.67. The molecule has 0 atom stereocenters. The molecule has 94 valence electrons. The average molecular weight is 235 g/mol. The van der Waals surface area contributed by atoms with Crippen LogP contribution in [-0.4, -0.2) is 20.3 Å². The van der Waals surface area contributed by atoms with Crippen LogP contribution in [0.15, 0.2) is 24.3 Å². The van der Waals surface area contributed by atoms with Crippen molar-refractivity contribution in [2.45, 2.75) is 31.2 Å². The van der Waals surface area contributed by atoms with E-state index in [2.05, 4.69) is 12.1 Å². The van der Waals surface area contributed by atoms with Gasteiger partial charge in [0.25, 0.3) is 0 Å². The summed E-state index contributed by atoms with van der Waals surface area (Å²) < 4.78 is 10.5. The van der Waals surface area contributed by atoms with Crippen molar-refractivity contribution in [2.75, 3.05) is 20.3 Å². The Morgan fingerprint density at radius 3 is 2.35 bits per heavy atom. The Morgan fingerprint density at radius 2 is 1.76 bits per heavy atom. The lowest BCUT2D eigenvalue weighted by Gasteiger charge is -2.24. The van der Waals surface area contributed by atoms with Crippen LogP contribution in [0.25, 0.3) is 0 Å². The predicted octanol–water partition coefficient (Wildman–Crippen LogP) is 2.44. The van der Waals surface area contributed by atoms with Crippen molar-refractivity contribution in [2.24, 2.45) is 5.73 Å². The van der Waals surface area contributed by atoms with Crippen molar-refractivity contribution in [1.29, 1.82) is 0 Å². The molecule has 0 heterocycles. The molecule has 0 bridgehead atoms. The average Bonchev–Trinajstić information content (AvgIpc) is 2.79. The Bertz CT molecular complexity index is 342. The maximum atomic E-state index is 6.39. The number of benzene rings is 1. The van der Waals surface area contributed by atoms with E-state index >= 15 is 0 Å². The lowest BCUT2D eigenvalue weighted by atomic mass is 9.89. The van der Waals surface area contributed by atoms with Crippen LogP contribution in [0.1, 0.15) is 31.2 Å². The van der Waals surface area contributed by atoms with Crippen molar-refractivity contribution in [3.63, 3.8) is 0 Å². The fourth-order valence-electron chi connectivity index (χ4n) is 2.42. The highest BCUT2D eigenvalue weighted by Gasteiger charge is 2.30. The molecule has 0 aliphatic heterocycles. The smallest absolute Gasteiger partial charge is 0.119 e. The standard InChI is InChI=1S/C14H21NO2/c1-16-10-11-17-13-6-4-12(5-7-13)14(15)8-2-3-9-14/h4-7H,2-3,8-11,15H2,1H3. The summed E-state index contributed by atoms with van der Waals surface area (Å²) in [5, 5.41) is 0. The first-order chi connectivity index (χ1) is 8.24. The minimum Gasteiger partial charge on any atom is -0.491 e. The summed E-state index contributed by atoms with van der Waals surface area (Å²) in [5.74, 6) is 0.882. The van der Waals surface area contributed by atoms with E-state index in [0.717, 1.165) is 18.6 Å². The zero-order valence-electron chi connectivity index (χ0n) is 10.4. The van der Waals surface area contributed by atoms with Gasteiger partial charge in [-0.1, -0.05) is 25.0 Å². The van der Waals surface area contributed by atoms with E-state index in [1.165, 1.54) is 18.4 Å². The normalized spacial score (nSPS) is 18.2. The van der Waals surface area contributed by atoms with Crippen molar-refractivity contribution in [3.05, 3.63) is 29.8 Å². The summed E-state index contributed by atoms with van der Waals surface area (Å²) in [6.07, 6.45) is 4.67. The van der Waals surface area contributed by atoms with Gasteiger partial charge in [-0.05, 0) is 30.5 Å². The van der Waals surface area contributed by atoms with Gasteiger partial charge in [0.1, 0.15) is 12.4 Å². The summed E-state index contributed by atoms with van der Waals surface area (Å²) in [4.78, 5) is 0. The molecule has 0 aromatic heterocycles. The fourth-order valence-corrected chi connectivity index (χ4v) is 2.42. The van der Waals surface area contributed by atoms with Crippen molar-refractivity contribution < 1.29 is 9.47 Å². The highest BCUT2D eigenvalue weighted by Crippen LogP contribution is 2.36. The third-order valence-corrected chi connectivity index (χ3v) is 3.48. The lowest BCUT2D eigenvalue weighted by Crippen LogP contribution is -2.32. The van der Waals surface area contributed by atoms with Crippen LogP contribution in [0.4, 0.5) is 0 Å². The first-order valence-corrected chi connectivity index (χ1v) is 6.26. The first kappa shape index (κ1) is 12.4. The minimum atomic E-state index is -0.106. The number of ether oxygens (including phenoxy) is 2. The van der Waals surface area contributed by atoms with Crippen molar-refractivity contribution in [1.82, 2.24) is 0 Å². The Morgan fingerprint density at radius 1 is 1.12 bits per heavy atom. The molecule has 1 saturated carbocycles. The summed E-state index contributed by atoms with van der Waals surface area (Å²) in [5.41, 5.74) is 7.52. The van der Waals surface area contributed by atoms with E-state index in [0.29, 0.717) is 13.2 Å². The van der Waals surface area contributed by atoms with Gasteiger partial charge < -0.3 is 15.2 Å². The highest BCUT2D eigenvalue weighted by molar-refractivity contribution is 5.32. The Labute approximate surface area is 103 Å².